The van der Waals surface area contributed by atoms with Crippen molar-refractivity contribution in [3.05, 3.63) is 0 Å². The van der Waals surface area contributed by atoms with Gasteiger partial charge in [0.15, 0.2) is 25.2 Å². The Balaban J connectivity index is 0.994. The second-order valence-corrected chi connectivity index (χ2v) is 20.3. The molecule has 0 aromatic rings. The molecule has 4 aliphatic heterocycles. The fourth-order valence-electron chi connectivity index (χ4n) is 12.9. The maximum atomic E-state index is 13.4. The van der Waals surface area contributed by atoms with Gasteiger partial charge in [-0.1, -0.05) is 0 Å². The van der Waals surface area contributed by atoms with Gasteiger partial charge in [-0.15, -0.1) is 0 Å². The van der Waals surface area contributed by atoms with E-state index >= 15 is 0 Å². The van der Waals surface area contributed by atoms with Crippen molar-refractivity contribution < 1.29 is 58.3 Å². The molecule has 60 heavy (non-hydrogen) atoms. The minimum Gasteiger partial charge on any atom is -0.387 e. The molecule has 4 aliphatic carbocycles. The summed E-state index contributed by atoms with van der Waals surface area (Å²) < 4.78 is 49.5. The van der Waals surface area contributed by atoms with Gasteiger partial charge >= 0.3 is 0 Å². The van der Waals surface area contributed by atoms with Crippen molar-refractivity contribution in [1.82, 2.24) is 0 Å². The Bertz CT molecular complexity index is 1040. The summed E-state index contributed by atoms with van der Waals surface area (Å²) in [5.74, 6) is -0.993. The zero-order chi connectivity index (χ0) is 41.4. The summed E-state index contributed by atoms with van der Waals surface area (Å²) in [4.78, 5) is 0. The monoisotopic (exact) mass is 851 g/mol. The molecule has 0 bridgehead atoms. The summed E-state index contributed by atoms with van der Waals surface area (Å²) >= 11 is 0. The molecule has 0 amide bonds. The van der Waals surface area contributed by atoms with E-state index in [1.807, 2.05) is 0 Å². The summed E-state index contributed by atoms with van der Waals surface area (Å²) in [7, 11) is 0. The second kappa shape index (κ2) is 22.1. The van der Waals surface area contributed by atoms with Crippen LogP contribution in [-0.2, 0) is 37.9 Å². The molecule has 4 N–H and O–H groups in total. The summed E-state index contributed by atoms with van der Waals surface area (Å²) in [5, 5.41) is 52.6. The fraction of sp³-hybridized carbons (Fsp3) is 1.00. The quantitative estimate of drug-likeness (QED) is 0.128. The molecule has 8 fully saturated rings. The molecule has 12 heteroatoms. The number of aliphatic hydroxyl groups is 4. The van der Waals surface area contributed by atoms with E-state index in [0.29, 0.717) is 51.4 Å². The van der Waals surface area contributed by atoms with Gasteiger partial charge in [-0.05, 0) is 203 Å². The maximum Gasteiger partial charge on any atom is 0.157 e. The number of hydrogen-bond acceptors (Lipinski definition) is 12. The average molecular weight is 851 g/mol. The van der Waals surface area contributed by atoms with E-state index < -0.39 is 23.4 Å². The highest BCUT2D eigenvalue weighted by atomic mass is 16.7. The molecule has 8 aliphatic rings. The van der Waals surface area contributed by atoms with Gasteiger partial charge in [0.25, 0.3) is 0 Å². The average Bonchev–Trinajstić information content (AvgIpc) is 3.30. The predicted octanol–water partition coefficient (Wildman–Crippen LogP) is 7.58. The molecule has 0 aromatic carbocycles. The smallest absolute Gasteiger partial charge is 0.157 e. The third kappa shape index (κ3) is 11.3. The summed E-state index contributed by atoms with van der Waals surface area (Å²) in [6.07, 6.45) is 20.4. The van der Waals surface area contributed by atoms with Gasteiger partial charge in [0.1, 0.15) is 12.2 Å². The van der Waals surface area contributed by atoms with Crippen LogP contribution in [0.4, 0.5) is 0 Å². The Hall–Kier alpha value is -0.480. The van der Waals surface area contributed by atoms with Crippen LogP contribution < -0.4 is 0 Å². The van der Waals surface area contributed by atoms with Crippen molar-refractivity contribution in [1.29, 1.82) is 0 Å². The van der Waals surface area contributed by atoms with Gasteiger partial charge < -0.3 is 58.3 Å². The van der Waals surface area contributed by atoms with Crippen LogP contribution in [0.2, 0.25) is 0 Å². The molecule has 6 unspecified atom stereocenters. The molecule has 4 saturated heterocycles. The minimum absolute atomic E-state index is 0.0417. The van der Waals surface area contributed by atoms with Gasteiger partial charge in [0.2, 0.25) is 0 Å². The third-order valence-corrected chi connectivity index (χ3v) is 16.5. The van der Waals surface area contributed by atoms with Crippen molar-refractivity contribution in [2.24, 2.45) is 23.7 Å². The van der Waals surface area contributed by atoms with Gasteiger partial charge in [0, 0.05) is 26.4 Å². The standard InChI is InChI=1S/C48H82O12/c49-45(47(51,33-13-21-37(22-14-33)57-41-9-1-5-29-53-41)34-15-23-38(24-16-34)58-42-10-2-6-30-54-42)46(50)48(52,35-17-25-39(26-18-35)59-43-11-3-7-31-55-43)36-19-27-40(28-20-36)60-44-12-4-8-32-56-44/h33-46,49-52H,1-32H2. The Morgan fingerprint density at radius 1 is 0.317 bits per heavy atom. The van der Waals surface area contributed by atoms with E-state index in [0.717, 1.165) is 155 Å². The van der Waals surface area contributed by atoms with E-state index in [1.165, 1.54) is 0 Å². The van der Waals surface area contributed by atoms with E-state index in [2.05, 4.69) is 0 Å². The van der Waals surface area contributed by atoms with Crippen LogP contribution in [0.1, 0.15) is 180 Å². The van der Waals surface area contributed by atoms with Crippen molar-refractivity contribution in [3.8, 4) is 0 Å². The number of hydrogen-bond donors (Lipinski definition) is 4. The molecule has 12 nitrogen and oxygen atoms in total. The lowest BCUT2D eigenvalue weighted by Gasteiger charge is -2.55. The summed E-state index contributed by atoms with van der Waals surface area (Å²) in [5.41, 5.74) is -3.19. The molecule has 4 saturated carbocycles. The highest BCUT2D eigenvalue weighted by Crippen LogP contribution is 2.52. The van der Waals surface area contributed by atoms with Crippen LogP contribution in [0.15, 0.2) is 0 Å². The maximum absolute atomic E-state index is 13.4. The summed E-state index contributed by atoms with van der Waals surface area (Å²) in [6.45, 7) is 2.94. The lowest BCUT2D eigenvalue weighted by Crippen LogP contribution is -2.68. The van der Waals surface area contributed by atoms with Crippen LogP contribution in [0.5, 0.6) is 0 Å². The molecular formula is C48H82O12. The molecule has 6 atom stereocenters. The van der Waals surface area contributed by atoms with Gasteiger partial charge in [-0.2, -0.15) is 0 Å². The van der Waals surface area contributed by atoms with Crippen molar-refractivity contribution >= 4 is 0 Å². The number of rotatable bonds is 15. The molecule has 0 radical (unpaired) electrons. The molecular weight excluding hydrogens is 769 g/mol. The Labute approximate surface area is 360 Å². The lowest BCUT2D eigenvalue weighted by molar-refractivity contribution is -0.264. The van der Waals surface area contributed by atoms with Crippen LogP contribution >= 0.6 is 0 Å². The fourth-order valence-corrected chi connectivity index (χ4v) is 12.9. The molecule has 8 rings (SSSR count). The molecule has 0 spiro atoms. The largest absolute Gasteiger partial charge is 0.387 e. The van der Waals surface area contributed by atoms with Crippen molar-refractivity contribution in [2.75, 3.05) is 26.4 Å². The normalized spacial score (nSPS) is 42.0. The highest BCUT2D eigenvalue weighted by Gasteiger charge is 2.60. The van der Waals surface area contributed by atoms with Crippen LogP contribution in [0, 0.1) is 23.7 Å². The van der Waals surface area contributed by atoms with E-state index in [-0.39, 0.29) is 73.2 Å². The van der Waals surface area contributed by atoms with Gasteiger partial charge in [-0.25, -0.2) is 0 Å². The number of ether oxygens (including phenoxy) is 8. The first-order chi connectivity index (χ1) is 29.3. The summed E-state index contributed by atoms with van der Waals surface area (Å²) in [6, 6.07) is 0. The first-order valence-electron chi connectivity index (χ1n) is 25.2. The zero-order valence-corrected chi connectivity index (χ0v) is 36.8. The van der Waals surface area contributed by atoms with Crippen molar-refractivity contribution in [2.45, 2.75) is 253 Å². The SMILES string of the molecule is OC(C(O)C(O)(C1CCC(OC2CCCCO2)CC1)C1CCC(OC2CCCCO2)CC1)C(O)(C1CCC(OC2CCCCO2)CC1)C1CCC(OC2CCCCO2)CC1. The highest BCUT2D eigenvalue weighted by molar-refractivity contribution is 5.11. The first kappa shape index (κ1) is 46.1. The Kier molecular flexibility index (Phi) is 17.0. The van der Waals surface area contributed by atoms with Gasteiger partial charge in [-0.3, -0.25) is 0 Å². The third-order valence-electron chi connectivity index (χ3n) is 16.5. The predicted molar refractivity (Wildman–Crippen MR) is 224 cm³/mol. The van der Waals surface area contributed by atoms with Crippen molar-refractivity contribution in [3.63, 3.8) is 0 Å². The minimum atomic E-state index is -1.59. The van der Waals surface area contributed by atoms with Crippen LogP contribution in [0.25, 0.3) is 0 Å². The number of aliphatic hydroxyl groups excluding tert-OH is 2. The van der Waals surface area contributed by atoms with E-state index in [1.54, 1.807) is 0 Å². The first-order valence-corrected chi connectivity index (χ1v) is 25.2. The molecule has 0 aromatic heterocycles. The Morgan fingerprint density at radius 3 is 0.717 bits per heavy atom. The molecule has 346 valence electrons. The van der Waals surface area contributed by atoms with E-state index in [4.69, 9.17) is 37.9 Å². The molecule has 4 heterocycles. The Morgan fingerprint density at radius 2 is 0.533 bits per heavy atom. The lowest BCUT2D eigenvalue weighted by atomic mass is 9.57. The second-order valence-electron chi connectivity index (χ2n) is 20.3. The van der Waals surface area contributed by atoms with E-state index in [9.17, 15) is 20.4 Å². The van der Waals surface area contributed by atoms with Gasteiger partial charge in [0.05, 0.1) is 35.6 Å². The topological polar surface area (TPSA) is 155 Å². The van der Waals surface area contributed by atoms with Crippen LogP contribution in [-0.4, -0.2) is 120 Å². The van der Waals surface area contributed by atoms with Crippen LogP contribution in [0.3, 0.4) is 0 Å². The zero-order valence-electron chi connectivity index (χ0n) is 36.8.